The summed E-state index contributed by atoms with van der Waals surface area (Å²) in [5.74, 6) is -0.493. The zero-order valence-corrected chi connectivity index (χ0v) is 15.6. The first-order chi connectivity index (χ1) is 13.0. The van der Waals surface area contributed by atoms with Crippen LogP contribution in [0.2, 0.25) is 0 Å². The van der Waals surface area contributed by atoms with Crippen LogP contribution in [0.1, 0.15) is 24.0 Å². The van der Waals surface area contributed by atoms with E-state index >= 15 is 0 Å². The van der Waals surface area contributed by atoms with Gasteiger partial charge in [-0.05, 0) is 47.6 Å². The third kappa shape index (κ3) is 3.66. The summed E-state index contributed by atoms with van der Waals surface area (Å²) in [6.45, 7) is 0.427. The molecule has 0 unspecified atom stereocenters. The molecule has 1 aliphatic carbocycles. The molecule has 1 aromatic heterocycles. The Kier molecular flexibility index (Phi) is 4.58. The minimum Gasteiger partial charge on any atom is -0.347 e. The van der Waals surface area contributed by atoms with Crippen molar-refractivity contribution < 1.29 is 13.2 Å². The highest BCUT2D eigenvalue weighted by molar-refractivity contribution is 7.94. The third-order valence-electron chi connectivity index (χ3n) is 4.87. The summed E-state index contributed by atoms with van der Waals surface area (Å²) in [4.78, 5) is 12.5. The average molecular weight is 380 g/mol. The Bertz CT molecular complexity index is 1140. The second-order valence-corrected chi connectivity index (χ2v) is 8.39. The lowest BCUT2D eigenvalue weighted by atomic mass is 9.98. The molecule has 0 aliphatic heterocycles. The maximum absolute atomic E-state index is 12.6. The number of para-hydroxylation sites is 1. The smallest absolute Gasteiger partial charge is 0.260 e. The van der Waals surface area contributed by atoms with Crippen LogP contribution in [-0.4, -0.2) is 18.9 Å². The Morgan fingerprint density at radius 3 is 2.67 bits per heavy atom. The summed E-state index contributed by atoms with van der Waals surface area (Å²) in [5.41, 5.74) is 3.05. The van der Waals surface area contributed by atoms with Crippen LogP contribution in [0.25, 0.3) is 17.0 Å². The zero-order valence-electron chi connectivity index (χ0n) is 14.8. The number of sulfonamides is 1. The first kappa shape index (κ1) is 17.5. The van der Waals surface area contributed by atoms with E-state index in [0.717, 1.165) is 22.0 Å². The molecule has 0 bridgehead atoms. The van der Waals surface area contributed by atoms with Gasteiger partial charge in [-0.3, -0.25) is 4.79 Å². The number of aryl methyl sites for hydroxylation is 2. The first-order valence-corrected chi connectivity index (χ1v) is 10.4. The quantitative estimate of drug-likeness (QED) is 0.737. The van der Waals surface area contributed by atoms with Crippen LogP contribution in [0.3, 0.4) is 0 Å². The number of carbonyl (C=O) groups is 1. The van der Waals surface area contributed by atoms with Gasteiger partial charge in [0.2, 0.25) is 5.91 Å². The Morgan fingerprint density at radius 2 is 1.78 bits per heavy atom. The van der Waals surface area contributed by atoms with Gasteiger partial charge in [0.15, 0.2) is 0 Å². The maximum Gasteiger partial charge on any atom is 0.260 e. The van der Waals surface area contributed by atoms with E-state index in [-0.39, 0.29) is 11.3 Å². The Hall–Kier alpha value is -2.86. The zero-order chi connectivity index (χ0) is 18.9. The van der Waals surface area contributed by atoms with Crippen molar-refractivity contribution in [3.63, 3.8) is 0 Å². The summed E-state index contributed by atoms with van der Waals surface area (Å²) in [6.07, 6.45) is 4.73. The van der Waals surface area contributed by atoms with Crippen LogP contribution in [0.5, 0.6) is 0 Å². The number of amides is 1. The fourth-order valence-electron chi connectivity index (χ4n) is 3.44. The van der Waals surface area contributed by atoms with Gasteiger partial charge < -0.3 is 4.57 Å². The number of fused-ring (bicyclic) bond motifs is 2. The predicted octanol–water partition coefficient (Wildman–Crippen LogP) is 3.46. The number of aromatic nitrogens is 1. The van der Waals surface area contributed by atoms with E-state index in [1.807, 2.05) is 65.4 Å². The predicted molar refractivity (Wildman–Crippen MR) is 106 cm³/mol. The largest absolute Gasteiger partial charge is 0.347 e. The summed E-state index contributed by atoms with van der Waals surface area (Å²) < 4.78 is 29.3. The molecule has 138 valence electrons. The molecule has 5 nitrogen and oxygen atoms in total. The number of hydrogen-bond acceptors (Lipinski definition) is 3. The van der Waals surface area contributed by atoms with Gasteiger partial charge in [-0.1, -0.05) is 42.5 Å². The van der Waals surface area contributed by atoms with Crippen molar-refractivity contribution in [2.45, 2.75) is 25.8 Å². The molecular formula is C21H20N2O3S. The van der Waals surface area contributed by atoms with Crippen LogP contribution >= 0.6 is 0 Å². The molecule has 6 heteroatoms. The van der Waals surface area contributed by atoms with Gasteiger partial charge in [0.1, 0.15) is 0 Å². The van der Waals surface area contributed by atoms with E-state index in [4.69, 9.17) is 0 Å². The number of rotatable bonds is 5. The van der Waals surface area contributed by atoms with Crippen LogP contribution in [0, 0.1) is 0 Å². The lowest BCUT2D eigenvalue weighted by molar-refractivity contribution is -0.119. The second kappa shape index (κ2) is 7.04. The monoisotopic (exact) mass is 380 g/mol. The summed E-state index contributed by atoms with van der Waals surface area (Å²) >= 11 is 0. The van der Waals surface area contributed by atoms with Crippen molar-refractivity contribution in [2.24, 2.45) is 0 Å². The molecule has 27 heavy (non-hydrogen) atoms. The lowest BCUT2D eigenvalue weighted by Crippen LogP contribution is -2.32. The highest BCUT2D eigenvalue weighted by Gasteiger charge is 2.23. The van der Waals surface area contributed by atoms with E-state index in [1.54, 1.807) is 6.08 Å². The minimum absolute atomic E-state index is 0.0990. The Balaban J connectivity index is 1.44. The minimum atomic E-state index is -3.81. The van der Waals surface area contributed by atoms with Gasteiger partial charge in [0.05, 0.1) is 4.91 Å². The van der Waals surface area contributed by atoms with Crippen molar-refractivity contribution >= 4 is 32.9 Å². The van der Waals surface area contributed by atoms with E-state index in [0.29, 0.717) is 19.4 Å². The maximum atomic E-state index is 12.6. The standard InChI is InChI=1S/C21H20N2O3S/c24-21(12-14-23-13-11-17-6-3-4-8-20(17)23)22-27(25,26)19-10-9-16-5-1-2-7-18(16)15-19/h1-8,11,13,15H,9-10,12,14H2,(H,22,24). The number of hydrogen-bond donors (Lipinski definition) is 1. The number of carbonyl (C=O) groups excluding carboxylic acids is 1. The number of nitrogens with zero attached hydrogens (tertiary/aromatic N) is 1. The summed E-state index contributed by atoms with van der Waals surface area (Å²) in [6, 6.07) is 17.6. The average Bonchev–Trinajstić information content (AvgIpc) is 3.09. The van der Waals surface area contributed by atoms with Gasteiger partial charge in [-0.2, -0.15) is 0 Å². The van der Waals surface area contributed by atoms with E-state index < -0.39 is 15.9 Å². The SMILES string of the molecule is O=C(CCn1ccc2ccccc21)NS(=O)(=O)C1=Cc2ccccc2CC1. The normalized spacial score (nSPS) is 13.9. The number of allylic oxidation sites excluding steroid dienone is 1. The van der Waals surface area contributed by atoms with Crippen LogP contribution in [0.15, 0.2) is 65.7 Å². The van der Waals surface area contributed by atoms with Crippen molar-refractivity contribution in [1.82, 2.24) is 9.29 Å². The molecule has 0 radical (unpaired) electrons. The lowest BCUT2D eigenvalue weighted by Gasteiger charge is -2.17. The molecule has 1 amide bonds. The first-order valence-electron chi connectivity index (χ1n) is 8.91. The highest BCUT2D eigenvalue weighted by atomic mass is 32.2. The highest BCUT2D eigenvalue weighted by Crippen LogP contribution is 2.26. The molecule has 0 spiro atoms. The van der Waals surface area contributed by atoms with Crippen molar-refractivity contribution in [1.29, 1.82) is 0 Å². The van der Waals surface area contributed by atoms with Crippen molar-refractivity contribution in [3.05, 3.63) is 76.8 Å². The number of nitrogens with one attached hydrogen (secondary N) is 1. The molecule has 3 aromatic rings. The molecule has 0 saturated carbocycles. The van der Waals surface area contributed by atoms with E-state index in [2.05, 4.69) is 4.72 Å². The van der Waals surface area contributed by atoms with Crippen molar-refractivity contribution in [3.8, 4) is 0 Å². The molecule has 1 aliphatic rings. The second-order valence-electron chi connectivity index (χ2n) is 6.66. The fourth-order valence-corrected chi connectivity index (χ4v) is 4.63. The molecule has 1 heterocycles. The molecular weight excluding hydrogens is 360 g/mol. The van der Waals surface area contributed by atoms with Gasteiger partial charge in [-0.15, -0.1) is 0 Å². The van der Waals surface area contributed by atoms with Crippen LogP contribution < -0.4 is 4.72 Å². The topological polar surface area (TPSA) is 68.2 Å². The van der Waals surface area contributed by atoms with Crippen LogP contribution in [-0.2, 0) is 27.8 Å². The Labute approximate surface area is 158 Å². The van der Waals surface area contributed by atoms with E-state index in [1.165, 1.54) is 0 Å². The summed E-state index contributed by atoms with van der Waals surface area (Å²) in [5, 5.41) is 1.09. The molecule has 0 fully saturated rings. The third-order valence-corrected chi connectivity index (χ3v) is 6.37. The molecule has 0 atom stereocenters. The van der Waals surface area contributed by atoms with Crippen molar-refractivity contribution in [2.75, 3.05) is 0 Å². The Morgan fingerprint density at radius 1 is 1.00 bits per heavy atom. The molecule has 1 N–H and O–H groups in total. The molecule has 2 aromatic carbocycles. The molecule has 4 rings (SSSR count). The summed E-state index contributed by atoms with van der Waals surface area (Å²) in [7, 11) is -3.81. The fraction of sp³-hybridized carbons (Fsp3) is 0.190. The van der Waals surface area contributed by atoms with Gasteiger partial charge in [-0.25, -0.2) is 13.1 Å². The van der Waals surface area contributed by atoms with Crippen LogP contribution in [0.4, 0.5) is 0 Å². The van der Waals surface area contributed by atoms with Gasteiger partial charge >= 0.3 is 0 Å². The van der Waals surface area contributed by atoms with Gasteiger partial charge in [0.25, 0.3) is 10.0 Å². The molecule has 0 saturated heterocycles. The van der Waals surface area contributed by atoms with E-state index in [9.17, 15) is 13.2 Å². The number of benzene rings is 2. The van der Waals surface area contributed by atoms with Gasteiger partial charge in [0, 0.05) is 24.7 Å².